The first kappa shape index (κ1) is 18.8. The van der Waals surface area contributed by atoms with Gasteiger partial charge in [0, 0.05) is 25.7 Å². The summed E-state index contributed by atoms with van der Waals surface area (Å²) >= 11 is 0. The van der Waals surface area contributed by atoms with Crippen LogP contribution >= 0.6 is 0 Å². The van der Waals surface area contributed by atoms with Crippen LogP contribution in [0.25, 0.3) is 0 Å². The number of nitrogens with zero attached hydrogens (tertiary/aromatic N) is 2. The quantitative estimate of drug-likeness (QED) is 0.835. The number of carbonyl (C=O) groups excluding carboxylic acids is 1. The lowest BCUT2D eigenvalue weighted by molar-refractivity contribution is -0.226. The van der Waals surface area contributed by atoms with E-state index in [1.165, 1.54) is 17.7 Å². The second kappa shape index (κ2) is 6.97. The van der Waals surface area contributed by atoms with Gasteiger partial charge in [-0.15, -0.1) is 0 Å². The number of hydrogen-bond donors (Lipinski definition) is 1. The molecule has 7 heteroatoms. The Kier molecular flexibility index (Phi) is 5.24. The van der Waals surface area contributed by atoms with Gasteiger partial charge in [-0.2, -0.15) is 13.2 Å². The summed E-state index contributed by atoms with van der Waals surface area (Å²) in [5.74, 6) is 0.319. The van der Waals surface area contributed by atoms with E-state index >= 15 is 0 Å². The van der Waals surface area contributed by atoms with E-state index in [-0.39, 0.29) is 31.6 Å². The predicted molar refractivity (Wildman–Crippen MR) is 90.2 cm³/mol. The zero-order chi connectivity index (χ0) is 18.2. The van der Waals surface area contributed by atoms with Crippen LogP contribution in [-0.2, 0) is 0 Å². The third-order valence-electron chi connectivity index (χ3n) is 6.71. The van der Waals surface area contributed by atoms with Crippen LogP contribution in [0.1, 0.15) is 46.0 Å². The van der Waals surface area contributed by atoms with E-state index in [9.17, 15) is 18.0 Å². The van der Waals surface area contributed by atoms with Crippen molar-refractivity contribution in [1.29, 1.82) is 0 Å². The Morgan fingerprint density at radius 2 is 1.96 bits per heavy atom. The van der Waals surface area contributed by atoms with Crippen molar-refractivity contribution < 1.29 is 18.0 Å². The number of alkyl halides is 3. The molecule has 1 unspecified atom stereocenters. The highest BCUT2D eigenvalue weighted by molar-refractivity contribution is 5.74. The molecule has 0 spiro atoms. The molecule has 0 bridgehead atoms. The monoisotopic (exact) mass is 361 g/mol. The molecule has 2 amide bonds. The second-order valence-electron chi connectivity index (χ2n) is 8.38. The first-order chi connectivity index (χ1) is 11.7. The lowest BCUT2D eigenvalue weighted by Crippen LogP contribution is -2.49. The summed E-state index contributed by atoms with van der Waals surface area (Å²) in [6, 6.07) is -0.120. The summed E-state index contributed by atoms with van der Waals surface area (Å²) in [5, 5.41) is 2.87. The molecular formula is C18H30F3N3O. The highest BCUT2D eigenvalue weighted by atomic mass is 19.4. The summed E-state index contributed by atoms with van der Waals surface area (Å²) in [7, 11) is 0. The Balaban J connectivity index is 1.51. The molecule has 2 aliphatic heterocycles. The minimum absolute atomic E-state index is 0.160. The van der Waals surface area contributed by atoms with Gasteiger partial charge in [-0.05, 0) is 57.5 Å². The van der Waals surface area contributed by atoms with Crippen molar-refractivity contribution in [2.24, 2.45) is 17.3 Å². The Hall–Kier alpha value is -0.980. The van der Waals surface area contributed by atoms with Crippen molar-refractivity contribution in [3.05, 3.63) is 0 Å². The molecule has 0 aromatic carbocycles. The van der Waals surface area contributed by atoms with Gasteiger partial charge in [0.2, 0.25) is 0 Å². The smallest absolute Gasteiger partial charge is 0.336 e. The molecule has 3 aliphatic rings. The van der Waals surface area contributed by atoms with Crippen LogP contribution < -0.4 is 5.32 Å². The molecule has 3 fully saturated rings. The van der Waals surface area contributed by atoms with Crippen molar-refractivity contribution in [2.75, 3.05) is 32.7 Å². The van der Waals surface area contributed by atoms with Gasteiger partial charge in [-0.3, -0.25) is 4.90 Å². The van der Waals surface area contributed by atoms with Gasteiger partial charge in [-0.25, -0.2) is 4.79 Å². The van der Waals surface area contributed by atoms with Crippen LogP contribution in [0.5, 0.6) is 0 Å². The van der Waals surface area contributed by atoms with Gasteiger partial charge in [0.25, 0.3) is 0 Å². The number of hydrogen-bond acceptors (Lipinski definition) is 2. The molecule has 0 radical (unpaired) electrons. The SMILES string of the molecule is CC1CCN(C(C)CNC(=O)N2C[C@@H]3CCC[C@]3(C(F)(F)F)C2)CC1. The molecule has 0 aromatic rings. The van der Waals surface area contributed by atoms with Crippen LogP contribution in [0.3, 0.4) is 0 Å². The van der Waals surface area contributed by atoms with Gasteiger partial charge in [0.05, 0.1) is 5.41 Å². The number of rotatable bonds is 3. The third-order valence-corrected chi connectivity index (χ3v) is 6.71. The topological polar surface area (TPSA) is 35.6 Å². The fourth-order valence-electron chi connectivity index (χ4n) is 4.85. The zero-order valence-corrected chi connectivity index (χ0v) is 15.2. The van der Waals surface area contributed by atoms with E-state index in [1.807, 2.05) is 0 Å². The number of piperidine rings is 1. The lowest BCUT2D eigenvalue weighted by atomic mass is 9.80. The first-order valence-electron chi connectivity index (χ1n) is 9.56. The molecule has 2 saturated heterocycles. The fourth-order valence-corrected chi connectivity index (χ4v) is 4.85. The van der Waals surface area contributed by atoms with Gasteiger partial charge >= 0.3 is 12.2 Å². The number of nitrogens with one attached hydrogen (secondary N) is 1. The molecule has 2 heterocycles. The van der Waals surface area contributed by atoms with E-state index in [0.717, 1.165) is 19.0 Å². The molecule has 1 N–H and O–H groups in total. The van der Waals surface area contributed by atoms with Crippen molar-refractivity contribution in [3.8, 4) is 0 Å². The minimum atomic E-state index is -4.22. The number of urea groups is 1. The molecule has 0 aromatic heterocycles. The van der Waals surface area contributed by atoms with Gasteiger partial charge in [0.15, 0.2) is 0 Å². The van der Waals surface area contributed by atoms with E-state index in [2.05, 4.69) is 24.1 Å². The maximum atomic E-state index is 13.6. The molecule has 4 nitrogen and oxygen atoms in total. The van der Waals surface area contributed by atoms with Gasteiger partial charge < -0.3 is 10.2 Å². The molecule has 1 aliphatic carbocycles. The van der Waals surface area contributed by atoms with E-state index in [0.29, 0.717) is 19.4 Å². The van der Waals surface area contributed by atoms with Crippen molar-refractivity contribution in [1.82, 2.24) is 15.1 Å². The van der Waals surface area contributed by atoms with Crippen molar-refractivity contribution in [2.45, 2.75) is 58.2 Å². The summed E-state index contributed by atoms with van der Waals surface area (Å²) < 4.78 is 40.7. The Morgan fingerprint density at radius 3 is 2.56 bits per heavy atom. The number of fused-ring (bicyclic) bond motifs is 1. The average Bonchev–Trinajstić information content (AvgIpc) is 3.11. The third kappa shape index (κ3) is 3.62. The van der Waals surface area contributed by atoms with Crippen molar-refractivity contribution in [3.63, 3.8) is 0 Å². The predicted octanol–water partition coefficient (Wildman–Crippen LogP) is 3.48. The molecule has 3 atom stereocenters. The zero-order valence-electron chi connectivity index (χ0n) is 15.2. The van der Waals surface area contributed by atoms with Crippen LogP contribution in [0.4, 0.5) is 18.0 Å². The molecule has 1 saturated carbocycles. The summed E-state index contributed by atoms with van der Waals surface area (Å²) in [6.45, 7) is 6.94. The normalized spacial score (nSPS) is 32.7. The number of carbonyl (C=O) groups is 1. The van der Waals surface area contributed by atoms with Gasteiger partial charge in [0.1, 0.15) is 0 Å². The van der Waals surface area contributed by atoms with Crippen LogP contribution in [0.15, 0.2) is 0 Å². The Bertz CT molecular complexity index is 490. The minimum Gasteiger partial charge on any atom is -0.336 e. The van der Waals surface area contributed by atoms with Crippen LogP contribution in [-0.4, -0.2) is 60.8 Å². The summed E-state index contributed by atoms with van der Waals surface area (Å²) in [4.78, 5) is 16.2. The molecule has 25 heavy (non-hydrogen) atoms. The summed E-state index contributed by atoms with van der Waals surface area (Å²) in [6.07, 6.45) is -0.537. The molecule has 144 valence electrons. The van der Waals surface area contributed by atoms with Crippen LogP contribution in [0.2, 0.25) is 0 Å². The molecule has 3 rings (SSSR count). The highest BCUT2D eigenvalue weighted by Crippen LogP contribution is 2.57. The lowest BCUT2D eigenvalue weighted by Gasteiger charge is -2.35. The first-order valence-corrected chi connectivity index (χ1v) is 9.56. The fraction of sp³-hybridized carbons (Fsp3) is 0.944. The maximum absolute atomic E-state index is 13.6. The Labute approximate surface area is 148 Å². The van der Waals surface area contributed by atoms with E-state index in [4.69, 9.17) is 0 Å². The second-order valence-corrected chi connectivity index (χ2v) is 8.38. The summed E-state index contributed by atoms with van der Waals surface area (Å²) in [5.41, 5.74) is -1.67. The van der Waals surface area contributed by atoms with E-state index < -0.39 is 17.5 Å². The molecular weight excluding hydrogens is 331 g/mol. The average molecular weight is 361 g/mol. The number of halogens is 3. The van der Waals surface area contributed by atoms with Gasteiger partial charge in [-0.1, -0.05) is 13.3 Å². The maximum Gasteiger partial charge on any atom is 0.396 e. The number of likely N-dealkylation sites (tertiary alicyclic amines) is 2. The highest BCUT2D eigenvalue weighted by Gasteiger charge is 2.65. The largest absolute Gasteiger partial charge is 0.396 e. The Morgan fingerprint density at radius 1 is 1.28 bits per heavy atom. The van der Waals surface area contributed by atoms with E-state index in [1.54, 1.807) is 0 Å². The van der Waals surface area contributed by atoms with Crippen molar-refractivity contribution >= 4 is 6.03 Å². The standard InChI is InChI=1S/C18H30F3N3O/c1-13-5-8-23(9-6-13)14(2)10-22-16(25)24-11-15-4-3-7-17(15,12-24)18(19,20)21/h13-15H,3-12H2,1-2H3,(H,22,25)/t14?,15-,17-/m0/s1. The van der Waals surface area contributed by atoms with Crippen LogP contribution in [0, 0.1) is 17.3 Å². The number of amides is 2.